The van der Waals surface area contributed by atoms with Gasteiger partial charge in [-0.15, -0.1) is 0 Å². The van der Waals surface area contributed by atoms with Crippen LogP contribution in [-0.4, -0.2) is 31.3 Å². The van der Waals surface area contributed by atoms with Gasteiger partial charge in [0.05, 0.1) is 0 Å². The molecule has 25 heavy (non-hydrogen) atoms. The van der Waals surface area contributed by atoms with Crippen LogP contribution in [0.25, 0.3) is 0 Å². The minimum atomic E-state index is -0.371. The second-order valence-electron chi connectivity index (χ2n) is 5.23. The van der Waals surface area contributed by atoms with Crippen LogP contribution in [0.1, 0.15) is 25.2 Å². The van der Waals surface area contributed by atoms with Gasteiger partial charge in [0.2, 0.25) is 0 Å². The van der Waals surface area contributed by atoms with E-state index in [4.69, 9.17) is 11.6 Å². The van der Waals surface area contributed by atoms with Crippen molar-refractivity contribution in [2.45, 2.75) is 6.92 Å². The Balaban J connectivity index is 1.70. The van der Waals surface area contributed by atoms with E-state index in [0.29, 0.717) is 19.7 Å². The fourth-order valence-corrected chi connectivity index (χ4v) is 3.85. The van der Waals surface area contributed by atoms with Gasteiger partial charge in [-0.1, -0.05) is 0 Å². The number of anilines is 2. The van der Waals surface area contributed by atoms with Gasteiger partial charge in [-0.25, -0.2) is 0 Å². The number of carbonyl (C=O) groups is 2. The van der Waals surface area contributed by atoms with E-state index >= 15 is 0 Å². The molecule has 2 aromatic carbocycles. The first-order valence-electron chi connectivity index (χ1n) is 7.43. The van der Waals surface area contributed by atoms with E-state index in [0.717, 1.165) is 11.3 Å². The van der Waals surface area contributed by atoms with E-state index in [9.17, 15) is 9.59 Å². The first-order chi connectivity index (χ1) is 12.0. The summed E-state index contributed by atoms with van der Waals surface area (Å²) in [6.45, 7) is 1.93. The molecule has 126 valence electrons. The summed E-state index contributed by atoms with van der Waals surface area (Å²) in [6, 6.07) is 14.3. The molecule has 0 atom stereocenters. The summed E-state index contributed by atoms with van der Waals surface area (Å²) in [5, 5.41) is 5.96. The molecule has 5 nitrogen and oxygen atoms in total. The summed E-state index contributed by atoms with van der Waals surface area (Å²) in [7, 11) is 0. The molecule has 0 aliphatic rings. The van der Waals surface area contributed by atoms with E-state index in [-0.39, 0.29) is 26.3 Å². The third-order valence-electron chi connectivity index (χ3n) is 3.46. The molecule has 0 saturated heterocycles. The van der Waals surface area contributed by atoms with Gasteiger partial charge < -0.3 is 0 Å². The van der Waals surface area contributed by atoms with Crippen LogP contribution < -0.4 is 10.6 Å². The predicted octanol–water partition coefficient (Wildman–Crippen LogP) is 3.61. The zero-order valence-electron chi connectivity index (χ0n) is 13.2. The molecule has 7 heteroatoms. The molecular weight excluding hydrogens is 405 g/mol. The molecule has 1 aromatic heterocycles. The molecule has 1 heterocycles. The van der Waals surface area contributed by atoms with Crippen LogP contribution >= 0.6 is 11.6 Å². The molecule has 0 unspecified atom stereocenters. The van der Waals surface area contributed by atoms with E-state index in [1.807, 2.05) is 31.2 Å². The molecule has 3 aromatic rings. The molecular formula is C18H14ClN3O2Se. The fraction of sp³-hybridized carbons (Fsp3) is 0.0556. The molecule has 0 aliphatic heterocycles. The number of aryl methyl sites for hydroxylation is 1. The molecule has 0 aliphatic carbocycles. The molecule has 0 radical (unpaired) electrons. The van der Waals surface area contributed by atoms with Crippen molar-refractivity contribution in [1.29, 1.82) is 0 Å². The standard InChI is InChI=1S/C18H14ClN3O2Se/c1-11-6-2-5-9-14(11)21-17(24)15-10-20-18(25-15)22-16(23)12-7-3-4-8-13(12)19/h2-10H,1H3,(H,21,24)(H,20,22,23). The maximum absolute atomic E-state index is 12.4. The van der Waals surface area contributed by atoms with Crippen molar-refractivity contribution in [3.05, 3.63) is 75.3 Å². The summed E-state index contributed by atoms with van der Waals surface area (Å²) in [4.78, 5) is 28.7. The van der Waals surface area contributed by atoms with Gasteiger partial charge >= 0.3 is 156 Å². The second kappa shape index (κ2) is 7.66. The summed E-state index contributed by atoms with van der Waals surface area (Å²) in [5.74, 6) is -0.541. The molecule has 2 N–H and O–H groups in total. The molecule has 0 bridgehead atoms. The molecule has 0 fully saturated rings. The van der Waals surface area contributed by atoms with Crippen LogP contribution in [0.4, 0.5) is 10.4 Å². The second-order valence-corrected chi connectivity index (χ2v) is 7.80. The number of halogens is 1. The van der Waals surface area contributed by atoms with Crippen molar-refractivity contribution in [3.8, 4) is 0 Å². The van der Waals surface area contributed by atoms with Gasteiger partial charge in [0, 0.05) is 0 Å². The van der Waals surface area contributed by atoms with Crippen LogP contribution in [0.3, 0.4) is 0 Å². The van der Waals surface area contributed by atoms with Crippen LogP contribution in [0.5, 0.6) is 0 Å². The van der Waals surface area contributed by atoms with Crippen molar-refractivity contribution in [2.24, 2.45) is 0 Å². The van der Waals surface area contributed by atoms with Crippen LogP contribution in [0, 0.1) is 6.92 Å². The fourth-order valence-electron chi connectivity index (χ4n) is 2.14. The van der Waals surface area contributed by atoms with Crippen molar-refractivity contribution < 1.29 is 9.59 Å². The summed E-state index contributed by atoms with van der Waals surface area (Å²) in [6.07, 6.45) is 1.50. The SMILES string of the molecule is Cc1ccccc1NC(=O)c1cnc(NC(=O)c2ccccc2Cl)[se]1. The van der Waals surface area contributed by atoms with Gasteiger partial charge in [-0.05, 0) is 0 Å². The monoisotopic (exact) mass is 419 g/mol. The van der Waals surface area contributed by atoms with Crippen LogP contribution in [0.2, 0.25) is 5.02 Å². The Kier molecular flexibility index (Phi) is 5.34. The number of nitrogens with zero attached hydrogens (tertiary/aromatic N) is 1. The van der Waals surface area contributed by atoms with Gasteiger partial charge in [0.15, 0.2) is 0 Å². The number of rotatable bonds is 4. The first-order valence-corrected chi connectivity index (χ1v) is 9.52. The van der Waals surface area contributed by atoms with Gasteiger partial charge in [-0.2, -0.15) is 0 Å². The molecule has 0 spiro atoms. The van der Waals surface area contributed by atoms with Gasteiger partial charge in [-0.3, -0.25) is 0 Å². The predicted molar refractivity (Wildman–Crippen MR) is 99.7 cm³/mol. The van der Waals surface area contributed by atoms with Crippen molar-refractivity contribution in [2.75, 3.05) is 10.6 Å². The molecule has 2 amide bonds. The number of aromatic nitrogens is 1. The third kappa shape index (κ3) is 4.17. The van der Waals surface area contributed by atoms with Crippen LogP contribution in [-0.2, 0) is 0 Å². The van der Waals surface area contributed by atoms with Gasteiger partial charge in [0.1, 0.15) is 0 Å². The van der Waals surface area contributed by atoms with E-state index in [1.54, 1.807) is 24.3 Å². The zero-order chi connectivity index (χ0) is 17.8. The topological polar surface area (TPSA) is 71.1 Å². The Morgan fingerprint density at radius 2 is 1.72 bits per heavy atom. The van der Waals surface area contributed by atoms with Crippen molar-refractivity contribution in [3.63, 3.8) is 0 Å². The van der Waals surface area contributed by atoms with Gasteiger partial charge in [0.25, 0.3) is 0 Å². The average molecular weight is 419 g/mol. The Labute approximate surface area is 155 Å². The van der Waals surface area contributed by atoms with Crippen LogP contribution in [0.15, 0.2) is 54.7 Å². The number of benzene rings is 2. The summed E-state index contributed by atoms with van der Waals surface area (Å²) >= 11 is 5.64. The normalized spacial score (nSPS) is 10.3. The molecule has 0 saturated carbocycles. The Bertz CT molecular complexity index is 939. The maximum atomic E-state index is 12.4. The summed E-state index contributed by atoms with van der Waals surface area (Å²) in [5.41, 5.74) is 2.12. The quantitative estimate of drug-likeness (QED) is 0.636. The Hall–Kier alpha value is -2.40. The number of nitrogens with one attached hydrogen (secondary N) is 2. The average Bonchev–Trinajstić information content (AvgIpc) is 3.06. The van der Waals surface area contributed by atoms with E-state index in [1.165, 1.54) is 6.20 Å². The zero-order valence-corrected chi connectivity index (χ0v) is 15.7. The Morgan fingerprint density at radius 3 is 2.48 bits per heavy atom. The number of amides is 2. The number of para-hydroxylation sites is 1. The van der Waals surface area contributed by atoms with Crippen molar-refractivity contribution >= 4 is 48.3 Å². The molecule has 3 rings (SSSR count). The minimum absolute atomic E-state index is 0.208. The van der Waals surface area contributed by atoms with E-state index in [2.05, 4.69) is 15.6 Å². The third-order valence-corrected chi connectivity index (χ3v) is 5.70. The van der Waals surface area contributed by atoms with E-state index < -0.39 is 0 Å². The Morgan fingerprint density at radius 1 is 1.00 bits per heavy atom. The number of hydrogen-bond acceptors (Lipinski definition) is 3. The number of carbonyl (C=O) groups excluding carboxylic acids is 2. The number of hydrogen-bond donors (Lipinski definition) is 2. The first kappa shape index (κ1) is 17.4. The summed E-state index contributed by atoms with van der Waals surface area (Å²) < 4.78 is 1.03. The van der Waals surface area contributed by atoms with Crippen molar-refractivity contribution in [1.82, 2.24) is 4.98 Å².